The summed E-state index contributed by atoms with van der Waals surface area (Å²) < 4.78 is 11.8. The van der Waals surface area contributed by atoms with Crippen LogP contribution in [0.25, 0.3) is 6.08 Å². The van der Waals surface area contributed by atoms with Crippen LogP contribution in [-0.2, 0) is 11.3 Å². The summed E-state index contributed by atoms with van der Waals surface area (Å²) in [5.74, 6) is 0.450. The molecule has 0 atom stereocenters. The van der Waals surface area contributed by atoms with Crippen LogP contribution >= 0.6 is 39.9 Å². The molecule has 1 fully saturated rings. The second-order valence-electron chi connectivity index (χ2n) is 6.29. The molecule has 150 valence electrons. The van der Waals surface area contributed by atoms with Gasteiger partial charge in [0.1, 0.15) is 15.8 Å². The Bertz CT molecular complexity index is 1140. The average molecular weight is 500 g/mol. The number of benzene rings is 2. The number of thiocarbonyl (C=S) groups is 1. The highest BCUT2D eigenvalue weighted by Crippen LogP contribution is 2.35. The van der Waals surface area contributed by atoms with Crippen LogP contribution in [0.1, 0.15) is 21.7 Å². The highest BCUT2D eigenvalue weighted by Gasteiger charge is 2.32. The first kappa shape index (κ1) is 20.6. The minimum atomic E-state index is -0.442. The Morgan fingerprint density at radius 3 is 2.67 bits per heavy atom. The Morgan fingerprint density at radius 2 is 1.97 bits per heavy atom. The third-order valence-electron chi connectivity index (χ3n) is 4.23. The van der Waals surface area contributed by atoms with Crippen LogP contribution in [-0.4, -0.2) is 21.1 Å². The van der Waals surface area contributed by atoms with Crippen LogP contribution in [0.5, 0.6) is 5.75 Å². The zero-order valence-electron chi connectivity index (χ0n) is 15.4. The predicted octanol–water partition coefficient (Wildman–Crippen LogP) is 5.66. The Labute approximate surface area is 190 Å². The number of carbonyl (C=O) groups excluding carboxylic acids is 2. The number of carbonyl (C=O) groups is 2. The monoisotopic (exact) mass is 499 g/mol. The molecule has 0 unspecified atom stereocenters. The first-order valence-electron chi connectivity index (χ1n) is 8.86. The number of hydrogen-bond acceptors (Lipinski definition) is 6. The highest BCUT2D eigenvalue weighted by atomic mass is 79.9. The van der Waals surface area contributed by atoms with E-state index in [4.69, 9.17) is 21.4 Å². The van der Waals surface area contributed by atoms with Gasteiger partial charge in [-0.3, -0.25) is 9.69 Å². The first-order valence-corrected chi connectivity index (χ1v) is 10.9. The Kier molecular flexibility index (Phi) is 6.17. The minimum absolute atomic E-state index is 0.169. The average Bonchev–Trinajstić information content (AvgIpc) is 3.35. The van der Waals surface area contributed by atoms with Crippen molar-refractivity contribution >= 4 is 62.2 Å². The van der Waals surface area contributed by atoms with E-state index in [-0.39, 0.29) is 5.91 Å². The van der Waals surface area contributed by atoms with Gasteiger partial charge in [-0.2, -0.15) is 0 Å². The molecule has 2 heterocycles. The topological polar surface area (TPSA) is 59.8 Å². The SMILES string of the molecule is O=C(Oc1ccc(/C=C2\SC(=S)N(Cc3ccco3)C2=O)cc1Br)c1ccccc1. The van der Waals surface area contributed by atoms with Crippen LogP contribution in [0, 0.1) is 0 Å². The molecule has 8 heteroatoms. The van der Waals surface area contributed by atoms with Crippen LogP contribution < -0.4 is 4.74 Å². The summed E-state index contributed by atoms with van der Waals surface area (Å²) in [6.45, 7) is 0.299. The molecule has 0 N–H and O–H groups in total. The quantitative estimate of drug-likeness (QED) is 0.195. The van der Waals surface area contributed by atoms with Gasteiger partial charge in [-0.1, -0.05) is 48.2 Å². The largest absolute Gasteiger partial charge is 0.467 e. The molecular weight excluding hydrogens is 486 g/mol. The van der Waals surface area contributed by atoms with Crippen molar-refractivity contribution in [1.82, 2.24) is 4.90 Å². The lowest BCUT2D eigenvalue weighted by Gasteiger charge is -2.12. The fourth-order valence-corrected chi connectivity index (χ4v) is 4.50. The maximum Gasteiger partial charge on any atom is 0.343 e. The number of ether oxygens (including phenoxy) is 1. The highest BCUT2D eigenvalue weighted by molar-refractivity contribution is 9.10. The first-order chi connectivity index (χ1) is 14.5. The zero-order chi connectivity index (χ0) is 21.1. The second-order valence-corrected chi connectivity index (χ2v) is 8.82. The number of furan rings is 1. The summed E-state index contributed by atoms with van der Waals surface area (Å²) in [5.41, 5.74) is 1.24. The van der Waals surface area contributed by atoms with Gasteiger partial charge in [0.15, 0.2) is 0 Å². The summed E-state index contributed by atoms with van der Waals surface area (Å²) >= 11 is 10.0. The van der Waals surface area contributed by atoms with Gasteiger partial charge in [-0.25, -0.2) is 4.79 Å². The molecule has 5 nitrogen and oxygen atoms in total. The molecular formula is C22H14BrNO4S2. The van der Waals surface area contributed by atoms with E-state index in [1.807, 2.05) is 6.07 Å². The molecule has 4 rings (SSSR count). The number of hydrogen-bond donors (Lipinski definition) is 0. The number of nitrogens with zero attached hydrogens (tertiary/aromatic N) is 1. The van der Waals surface area contributed by atoms with Gasteiger partial charge in [0, 0.05) is 0 Å². The van der Waals surface area contributed by atoms with Gasteiger partial charge in [-0.15, -0.1) is 0 Å². The maximum atomic E-state index is 12.7. The number of amides is 1. The predicted molar refractivity (Wildman–Crippen MR) is 123 cm³/mol. The fourth-order valence-electron chi connectivity index (χ4n) is 2.77. The van der Waals surface area contributed by atoms with Gasteiger partial charge < -0.3 is 9.15 Å². The van der Waals surface area contributed by atoms with E-state index in [2.05, 4.69) is 15.9 Å². The van der Waals surface area contributed by atoms with Crippen molar-refractivity contribution in [1.29, 1.82) is 0 Å². The van der Waals surface area contributed by atoms with E-state index < -0.39 is 5.97 Å². The van der Waals surface area contributed by atoms with E-state index in [0.29, 0.717) is 37.3 Å². The summed E-state index contributed by atoms with van der Waals surface area (Å²) in [6, 6.07) is 17.6. The minimum Gasteiger partial charge on any atom is -0.467 e. The fraction of sp³-hybridized carbons (Fsp3) is 0.0455. The van der Waals surface area contributed by atoms with Crippen LogP contribution in [0.15, 0.2) is 80.7 Å². The molecule has 1 saturated heterocycles. The van der Waals surface area contributed by atoms with Gasteiger partial charge >= 0.3 is 5.97 Å². The lowest BCUT2D eigenvalue weighted by atomic mass is 10.2. The summed E-state index contributed by atoms with van der Waals surface area (Å²) in [5, 5.41) is 0. The van der Waals surface area contributed by atoms with Crippen molar-refractivity contribution in [3.05, 3.63) is 93.2 Å². The Morgan fingerprint density at radius 1 is 1.17 bits per heavy atom. The zero-order valence-corrected chi connectivity index (χ0v) is 18.6. The summed E-state index contributed by atoms with van der Waals surface area (Å²) in [6.07, 6.45) is 3.32. The molecule has 0 aliphatic carbocycles. The van der Waals surface area contributed by atoms with Crippen LogP contribution in [0.2, 0.25) is 0 Å². The summed E-state index contributed by atoms with van der Waals surface area (Å²) in [7, 11) is 0. The molecule has 0 saturated carbocycles. The van der Waals surface area contributed by atoms with E-state index >= 15 is 0 Å². The lowest BCUT2D eigenvalue weighted by Crippen LogP contribution is -2.27. The van der Waals surface area contributed by atoms with E-state index in [9.17, 15) is 9.59 Å². The van der Waals surface area contributed by atoms with Crippen molar-refractivity contribution in [3.8, 4) is 5.75 Å². The van der Waals surface area contributed by atoms with Gasteiger partial charge in [0.2, 0.25) is 0 Å². The van der Waals surface area contributed by atoms with Crippen molar-refractivity contribution in [3.63, 3.8) is 0 Å². The molecule has 30 heavy (non-hydrogen) atoms. The standard InChI is InChI=1S/C22H14BrNO4S2/c23-17-11-14(8-9-18(17)28-21(26)15-5-2-1-3-6-15)12-19-20(25)24(22(29)30-19)13-16-7-4-10-27-16/h1-12H,13H2/b19-12-. The van der Waals surface area contributed by atoms with Crippen molar-refractivity contribution < 1.29 is 18.7 Å². The van der Waals surface area contributed by atoms with E-state index in [0.717, 1.165) is 5.56 Å². The molecule has 0 spiro atoms. The number of esters is 1. The van der Waals surface area contributed by atoms with Crippen LogP contribution in [0.3, 0.4) is 0 Å². The number of halogens is 1. The Hall–Kier alpha value is -2.68. The smallest absolute Gasteiger partial charge is 0.343 e. The molecule has 0 bridgehead atoms. The van der Waals surface area contributed by atoms with Crippen molar-refractivity contribution in [2.75, 3.05) is 0 Å². The van der Waals surface area contributed by atoms with E-state index in [1.54, 1.807) is 66.9 Å². The van der Waals surface area contributed by atoms with Gasteiger partial charge in [-0.05, 0) is 64.0 Å². The van der Waals surface area contributed by atoms with Crippen molar-refractivity contribution in [2.45, 2.75) is 6.54 Å². The van der Waals surface area contributed by atoms with Gasteiger partial charge in [0.25, 0.3) is 5.91 Å². The molecule has 1 amide bonds. The number of rotatable bonds is 5. The molecule has 1 aliphatic rings. The molecule has 0 radical (unpaired) electrons. The lowest BCUT2D eigenvalue weighted by molar-refractivity contribution is -0.122. The normalized spacial score (nSPS) is 15.1. The third-order valence-corrected chi connectivity index (χ3v) is 6.23. The number of thioether (sulfide) groups is 1. The second kappa shape index (κ2) is 8.99. The van der Waals surface area contributed by atoms with Gasteiger partial charge in [0.05, 0.1) is 27.7 Å². The molecule has 2 aromatic carbocycles. The Balaban J connectivity index is 1.49. The van der Waals surface area contributed by atoms with E-state index in [1.165, 1.54) is 16.7 Å². The van der Waals surface area contributed by atoms with Crippen molar-refractivity contribution in [2.24, 2.45) is 0 Å². The summed E-state index contributed by atoms with van der Waals surface area (Å²) in [4.78, 5) is 27.0. The molecule has 1 aromatic heterocycles. The van der Waals surface area contributed by atoms with Crippen LogP contribution in [0.4, 0.5) is 0 Å². The maximum absolute atomic E-state index is 12.7. The molecule has 3 aromatic rings. The molecule has 1 aliphatic heterocycles. The third kappa shape index (κ3) is 4.56.